The Morgan fingerprint density at radius 1 is 1.41 bits per heavy atom. The van der Waals surface area contributed by atoms with E-state index < -0.39 is 0 Å². The summed E-state index contributed by atoms with van der Waals surface area (Å²) in [4.78, 5) is 15.3. The first-order chi connectivity index (χ1) is 10.7. The van der Waals surface area contributed by atoms with Crippen molar-refractivity contribution in [2.24, 2.45) is 4.99 Å². The predicted molar refractivity (Wildman–Crippen MR) is 83.9 cm³/mol. The molecule has 1 aromatic rings. The Hall–Kier alpha value is -1.53. The number of thioether (sulfide) groups is 1. The van der Waals surface area contributed by atoms with Crippen molar-refractivity contribution in [3.8, 4) is 0 Å². The van der Waals surface area contributed by atoms with Crippen molar-refractivity contribution in [2.45, 2.75) is 31.1 Å². The first-order valence-corrected chi connectivity index (χ1v) is 7.91. The molecule has 3 atom stereocenters. The number of hydrogen-bond donors (Lipinski definition) is 1. The van der Waals surface area contributed by atoms with E-state index >= 15 is 0 Å². The third-order valence-electron chi connectivity index (χ3n) is 3.16. The summed E-state index contributed by atoms with van der Waals surface area (Å²) < 4.78 is 10.7. The Bertz CT molecular complexity index is 550. The minimum absolute atomic E-state index is 0.139. The summed E-state index contributed by atoms with van der Waals surface area (Å²) in [5, 5.41) is 4.13. The molecule has 6 heteroatoms. The lowest BCUT2D eigenvalue weighted by Crippen LogP contribution is -2.37. The molecule has 1 aromatic carbocycles. The lowest BCUT2D eigenvalue weighted by atomic mass is 10.1. The van der Waals surface area contributed by atoms with Crippen LogP contribution in [0, 0.1) is 12.8 Å². The molecule has 2 aliphatic rings. The minimum atomic E-state index is -0.374. The van der Waals surface area contributed by atoms with Gasteiger partial charge in [0.2, 0.25) is 0 Å². The zero-order chi connectivity index (χ0) is 15.4. The van der Waals surface area contributed by atoms with Crippen LogP contribution in [0.15, 0.2) is 35.3 Å². The first-order valence-electron chi connectivity index (χ1n) is 7.03. The molecule has 22 heavy (non-hydrogen) atoms. The maximum Gasteiger partial charge on any atom is 0.302 e. The van der Waals surface area contributed by atoms with Crippen LogP contribution in [0.2, 0.25) is 0 Å². The van der Waals surface area contributed by atoms with Gasteiger partial charge in [-0.15, -0.1) is 0 Å². The van der Waals surface area contributed by atoms with Gasteiger partial charge in [0, 0.05) is 26.3 Å². The number of carbonyl (C=O) groups excluding carboxylic acids is 1. The second-order valence-corrected chi connectivity index (χ2v) is 6.01. The van der Waals surface area contributed by atoms with E-state index in [-0.39, 0.29) is 30.2 Å². The Balaban J connectivity index is 1.47. The van der Waals surface area contributed by atoms with Gasteiger partial charge in [0.05, 0.1) is 6.04 Å². The summed E-state index contributed by atoms with van der Waals surface area (Å²) in [5.74, 6) is -0.326. The van der Waals surface area contributed by atoms with E-state index in [4.69, 9.17) is 9.47 Å². The van der Waals surface area contributed by atoms with E-state index in [0.29, 0.717) is 0 Å². The van der Waals surface area contributed by atoms with E-state index in [9.17, 15) is 4.79 Å². The summed E-state index contributed by atoms with van der Waals surface area (Å²) in [5.41, 5.74) is 1.06. The van der Waals surface area contributed by atoms with Crippen molar-refractivity contribution in [3.63, 3.8) is 0 Å². The maximum absolute atomic E-state index is 10.8. The fourth-order valence-corrected chi connectivity index (χ4v) is 3.10. The number of nitrogens with zero attached hydrogens (tertiary/aromatic N) is 1. The van der Waals surface area contributed by atoms with Crippen molar-refractivity contribution >= 4 is 22.9 Å². The van der Waals surface area contributed by atoms with Crippen molar-refractivity contribution in [1.82, 2.24) is 5.32 Å². The lowest BCUT2D eigenvalue weighted by molar-refractivity contribution is -0.145. The van der Waals surface area contributed by atoms with E-state index in [2.05, 4.69) is 35.3 Å². The summed E-state index contributed by atoms with van der Waals surface area (Å²) in [6.07, 6.45) is 5.64. The van der Waals surface area contributed by atoms with Gasteiger partial charge >= 0.3 is 5.97 Å². The molecule has 5 nitrogen and oxygen atoms in total. The molecule has 114 valence electrons. The molecule has 4 radical (unpaired) electrons. The van der Waals surface area contributed by atoms with Gasteiger partial charge in [-0.05, 0) is 5.56 Å². The molecule has 0 aliphatic carbocycles. The van der Waals surface area contributed by atoms with Crippen LogP contribution in [0.4, 0.5) is 0 Å². The molecule has 0 unspecified atom stereocenters. The molecular formula is C16H16N2O3S. The number of hydrogen-bond acceptors (Lipinski definition) is 6. The maximum atomic E-state index is 10.8. The number of carbonyl (C=O) groups is 1. The standard InChI is InChI=1S/C16H16N2O3S/c1-11(19)20-10-13-7-8-14-15(21-13)22-16(18-14)17-9-12-5-3-2-4-6-12/h2-6,13-15H,9-10H2,1H3,(H,17,18)/t13-,14-,15-/m1/s1. The highest BCUT2D eigenvalue weighted by Crippen LogP contribution is 2.34. The molecular weight excluding hydrogens is 300 g/mol. The van der Waals surface area contributed by atoms with Gasteiger partial charge in [-0.2, -0.15) is 0 Å². The van der Waals surface area contributed by atoms with E-state index in [1.165, 1.54) is 24.2 Å². The fourth-order valence-electron chi connectivity index (χ4n) is 2.10. The van der Waals surface area contributed by atoms with Crippen LogP contribution in [-0.2, 0) is 20.8 Å². The highest BCUT2D eigenvalue weighted by Gasteiger charge is 2.38. The molecule has 1 N–H and O–H groups in total. The highest BCUT2D eigenvalue weighted by atomic mass is 32.2. The van der Waals surface area contributed by atoms with Crippen molar-refractivity contribution in [2.75, 3.05) is 6.61 Å². The van der Waals surface area contributed by atoms with Gasteiger partial charge in [-0.1, -0.05) is 42.1 Å². The Kier molecular flexibility index (Phi) is 5.00. The van der Waals surface area contributed by atoms with Crippen LogP contribution in [0.3, 0.4) is 0 Å². The van der Waals surface area contributed by atoms with Crippen LogP contribution < -0.4 is 5.32 Å². The molecule has 2 heterocycles. The van der Waals surface area contributed by atoms with Crippen LogP contribution in [-0.4, -0.2) is 35.3 Å². The van der Waals surface area contributed by atoms with Gasteiger partial charge in [0.15, 0.2) is 5.17 Å². The monoisotopic (exact) mass is 316 g/mol. The number of amidine groups is 1. The second kappa shape index (κ2) is 7.15. The molecule has 0 amide bonds. The van der Waals surface area contributed by atoms with Crippen molar-refractivity contribution in [1.29, 1.82) is 0 Å². The molecule has 3 rings (SSSR count). The number of rotatable bonds is 4. The molecule has 1 fully saturated rings. The summed E-state index contributed by atoms with van der Waals surface area (Å²) >= 11 is 1.53. The number of ether oxygens (including phenoxy) is 2. The molecule has 1 saturated heterocycles. The Morgan fingerprint density at radius 2 is 2.23 bits per heavy atom. The third kappa shape index (κ3) is 4.01. The molecule has 2 aliphatic heterocycles. The Morgan fingerprint density at radius 3 is 3.00 bits per heavy atom. The number of benzene rings is 1. The minimum Gasteiger partial charge on any atom is -0.463 e. The topological polar surface area (TPSA) is 59.9 Å². The van der Waals surface area contributed by atoms with Gasteiger partial charge in [0.1, 0.15) is 18.1 Å². The number of nitrogens with one attached hydrogen (secondary N) is 1. The van der Waals surface area contributed by atoms with E-state index in [1.807, 2.05) is 18.2 Å². The van der Waals surface area contributed by atoms with Crippen LogP contribution in [0.5, 0.6) is 0 Å². The van der Waals surface area contributed by atoms with Crippen LogP contribution >= 0.6 is 11.8 Å². The molecule has 0 bridgehead atoms. The zero-order valence-electron chi connectivity index (χ0n) is 12.1. The van der Waals surface area contributed by atoms with Gasteiger partial charge in [-0.3, -0.25) is 9.79 Å². The van der Waals surface area contributed by atoms with Gasteiger partial charge in [0.25, 0.3) is 0 Å². The van der Waals surface area contributed by atoms with E-state index in [1.54, 1.807) is 0 Å². The average molecular weight is 316 g/mol. The number of aliphatic imine (C=N–C) groups is 1. The number of esters is 1. The second-order valence-electron chi connectivity index (χ2n) is 4.92. The average Bonchev–Trinajstić information content (AvgIpc) is 2.94. The Labute approximate surface area is 134 Å². The quantitative estimate of drug-likeness (QED) is 0.857. The highest BCUT2D eigenvalue weighted by molar-refractivity contribution is 8.14. The SMILES string of the molecule is CC(=O)OC[C@H]1[C][C][C@H]2N=C(NCc3ccccc3)S[C@H]2O1. The predicted octanol–water partition coefficient (Wildman–Crippen LogP) is 1.70. The number of fused-ring (bicyclic) bond motifs is 1. The first kappa shape index (κ1) is 15.4. The normalized spacial score (nSPS) is 27.0. The summed E-state index contributed by atoms with van der Waals surface area (Å²) in [6, 6.07) is 9.98. The summed E-state index contributed by atoms with van der Waals surface area (Å²) in [6.45, 7) is 2.26. The molecule has 0 aromatic heterocycles. The van der Waals surface area contributed by atoms with Crippen molar-refractivity contribution < 1.29 is 14.3 Å². The van der Waals surface area contributed by atoms with E-state index in [0.717, 1.165) is 11.7 Å². The van der Waals surface area contributed by atoms with Crippen molar-refractivity contribution in [3.05, 3.63) is 48.7 Å². The smallest absolute Gasteiger partial charge is 0.302 e. The molecule has 0 spiro atoms. The van der Waals surface area contributed by atoms with Crippen LogP contribution in [0.25, 0.3) is 0 Å². The lowest BCUT2D eigenvalue weighted by Gasteiger charge is -2.28. The van der Waals surface area contributed by atoms with Crippen LogP contribution in [0.1, 0.15) is 12.5 Å². The fraction of sp³-hybridized carbons (Fsp3) is 0.375. The molecule has 0 saturated carbocycles. The summed E-state index contributed by atoms with van der Waals surface area (Å²) in [7, 11) is 0. The van der Waals surface area contributed by atoms with Gasteiger partial charge < -0.3 is 14.8 Å². The van der Waals surface area contributed by atoms with Gasteiger partial charge in [-0.25, -0.2) is 0 Å². The zero-order valence-corrected chi connectivity index (χ0v) is 12.9. The third-order valence-corrected chi connectivity index (χ3v) is 4.23. The largest absolute Gasteiger partial charge is 0.463 e.